The molecular weight excluding hydrogens is 365 g/mol. The van der Waals surface area contributed by atoms with E-state index < -0.39 is 18.5 Å². The molecule has 1 N–H and O–H groups in total. The lowest BCUT2D eigenvalue weighted by Crippen LogP contribution is -2.21. The fourth-order valence-corrected chi connectivity index (χ4v) is 2.34. The molecule has 0 saturated heterocycles. The average Bonchev–Trinajstić information content (AvgIpc) is 2.61. The molecule has 3 rings (SSSR count). The van der Waals surface area contributed by atoms with Crippen LogP contribution >= 0.6 is 23.2 Å². The van der Waals surface area contributed by atoms with Crippen molar-refractivity contribution in [1.29, 1.82) is 0 Å². The maximum atomic E-state index is 12.1. The highest BCUT2D eigenvalue weighted by Gasteiger charge is 2.12. The van der Waals surface area contributed by atoms with Gasteiger partial charge in [-0.2, -0.15) is 0 Å². The molecule has 0 radical (unpaired) electrons. The van der Waals surface area contributed by atoms with Crippen LogP contribution in [0.4, 0.5) is 5.82 Å². The number of nitrogens with one attached hydrogen (secondary N) is 1. The van der Waals surface area contributed by atoms with Gasteiger partial charge in [0.15, 0.2) is 6.61 Å². The Hall–Kier alpha value is -2.70. The zero-order chi connectivity index (χ0) is 17.8. The molecule has 25 heavy (non-hydrogen) atoms. The largest absolute Gasteiger partial charge is 0.452 e. The number of benzene rings is 1. The van der Waals surface area contributed by atoms with Crippen LogP contribution in [0.5, 0.6) is 0 Å². The highest BCUT2D eigenvalue weighted by atomic mass is 35.5. The van der Waals surface area contributed by atoms with Gasteiger partial charge in [0.1, 0.15) is 11.0 Å². The third-order valence-corrected chi connectivity index (χ3v) is 3.65. The first-order valence-corrected chi connectivity index (χ1v) is 7.92. The first-order chi connectivity index (χ1) is 12.0. The second kappa shape index (κ2) is 7.46. The molecule has 3 aromatic rings. The fraction of sp³-hybridized carbons (Fsp3) is 0.0588. The number of anilines is 1. The normalized spacial score (nSPS) is 10.5. The Bertz CT molecular complexity index is 946. The Morgan fingerprint density at radius 3 is 2.68 bits per heavy atom. The summed E-state index contributed by atoms with van der Waals surface area (Å²) < 4.78 is 5.01. The van der Waals surface area contributed by atoms with Gasteiger partial charge < -0.3 is 10.1 Å². The molecule has 0 aliphatic carbocycles. The van der Waals surface area contributed by atoms with Crippen molar-refractivity contribution in [3.05, 3.63) is 64.4 Å². The van der Waals surface area contributed by atoms with Crippen molar-refractivity contribution in [3.63, 3.8) is 0 Å². The lowest BCUT2D eigenvalue weighted by Gasteiger charge is -2.07. The van der Waals surface area contributed by atoms with Crippen molar-refractivity contribution in [3.8, 4) is 0 Å². The number of amides is 1. The Labute approximate surface area is 152 Å². The smallest absolute Gasteiger partial charge is 0.338 e. The maximum Gasteiger partial charge on any atom is 0.338 e. The van der Waals surface area contributed by atoms with Gasteiger partial charge in [0, 0.05) is 11.6 Å². The van der Waals surface area contributed by atoms with Crippen LogP contribution in [0.15, 0.2) is 48.7 Å². The predicted octanol–water partition coefficient (Wildman–Crippen LogP) is 3.73. The van der Waals surface area contributed by atoms with Gasteiger partial charge in [-0.1, -0.05) is 23.2 Å². The lowest BCUT2D eigenvalue weighted by atomic mass is 10.1. The van der Waals surface area contributed by atoms with E-state index in [1.807, 2.05) is 0 Å². The SMILES string of the molecule is O=C(COC(=O)c1ccc2nc(Cl)ccc2c1)Nc1ccc(Cl)cn1. The number of hydrogen-bond acceptors (Lipinski definition) is 5. The molecule has 0 atom stereocenters. The number of fused-ring (bicyclic) bond motifs is 1. The minimum absolute atomic E-state index is 0.314. The third-order valence-electron chi connectivity index (χ3n) is 3.22. The van der Waals surface area contributed by atoms with Crippen molar-refractivity contribution < 1.29 is 14.3 Å². The van der Waals surface area contributed by atoms with Crippen LogP contribution in [0.3, 0.4) is 0 Å². The number of halogens is 2. The van der Waals surface area contributed by atoms with Crippen LogP contribution in [0.25, 0.3) is 10.9 Å². The molecule has 8 heteroatoms. The van der Waals surface area contributed by atoms with Gasteiger partial charge in [0.2, 0.25) is 0 Å². The van der Waals surface area contributed by atoms with Gasteiger partial charge in [-0.05, 0) is 42.5 Å². The summed E-state index contributed by atoms with van der Waals surface area (Å²) in [4.78, 5) is 31.9. The molecule has 0 aliphatic heterocycles. The third kappa shape index (κ3) is 4.43. The van der Waals surface area contributed by atoms with Crippen LogP contribution in [-0.4, -0.2) is 28.5 Å². The first kappa shape index (κ1) is 17.1. The fourth-order valence-electron chi connectivity index (χ4n) is 2.07. The molecule has 1 amide bonds. The number of carbonyl (C=O) groups excluding carboxylic acids is 2. The van der Waals surface area contributed by atoms with Gasteiger partial charge >= 0.3 is 5.97 Å². The molecule has 2 heterocycles. The molecular formula is C17H11Cl2N3O3. The highest BCUT2D eigenvalue weighted by molar-refractivity contribution is 6.30. The number of pyridine rings is 2. The van der Waals surface area contributed by atoms with Gasteiger partial charge in [-0.3, -0.25) is 4.79 Å². The molecule has 1 aromatic carbocycles. The molecule has 2 aromatic heterocycles. The predicted molar refractivity (Wildman–Crippen MR) is 94.9 cm³/mol. The quantitative estimate of drug-likeness (QED) is 0.554. The number of esters is 1. The second-order valence-corrected chi connectivity index (χ2v) is 5.85. The average molecular weight is 376 g/mol. The van der Waals surface area contributed by atoms with Gasteiger partial charge in [-0.15, -0.1) is 0 Å². The summed E-state index contributed by atoms with van der Waals surface area (Å²) in [6, 6.07) is 11.4. The summed E-state index contributed by atoms with van der Waals surface area (Å²) in [7, 11) is 0. The van der Waals surface area contributed by atoms with Crippen LogP contribution in [0.2, 0.25) is 10.2 Å². The Kier molecular flexibility index (Phi) is 5.11. The maximum absolute atomic E-state index is 12.1. The van der Waals surface area contributed by atoms with Crippen molar-refractivity contribution >= 4 is 51.8 Å². The Morgan fingerprint density at radius 2 is 1.92 bits per heavy atom. The zero-order valence-electron chi connectivity index (χ0n) is 12.7. The second-order valence-electron chi connectivity index (χ2n) is 5.03. The molecule has 6 nitrogen and oxygen atoms in total. The number of nitrogens with zero attached hydrogens (tertiary/aromatic N) is 2. The van der Waals surface area contributed by atoms with E-state index in [0.29, 0.717) is 27.1 Å². The van der Waals surface area contributed by atoms with Crippen LogP contribution < -0.4 is 5.32 Å². The van der Waals surface area contributed by atoms with E-state index in [4.69, 9.17) is 27.9 Å². The molecule has 0 spiro atoms. The summed E-state index contributed by atoms with van der Waals surface area (Å²) in [5.41, 5.74) is 0.977. The standard InChI is InChI=1S/C17H11Cl2N3O3/c18-12-3-6-15(20-8-12)22-16(23)9-25-17(24)11-1-4-13-10(7-11)2-5-14(19)21-13/h1-8H,9H2,(H,20,22,23). The van der Waals surface area contributed by atoms with Crippen molar-refractivity contribution in [2.75, 3.05) is 11.9 Å². The Morgan fingerprint density at radius 1 is 1.08 bits per heavy atom. The van der Waals surface area contributed by atoms with Crippen LogP contribution in [0.1, 0.15) is 10.4 Å². The molecule has 126 valence electrons. The molecule has 0 saturated carbocycles. The number of rotatable bonds is 4. The first-order valence-electron chi connectivity index (χ1n) is 7.16. The van der Waals surface area contributed by atoms with E-state index in [9.17, 15) is 9.59 Å². The van der Waals surface area contributed by atoms with E-state index in [-0.39, 0.29) is 0 Å². The van der Waals surface area contributed by atoms with Crippen LogP contribution in [0, 0.1) is 0 Å². The van der Waals surface area contributed by atoms with Crippen molar-refractivity contribution in [1.82, 2.24) is 9.97 Å². The number of carbonyl (C=O) groups is 2. The molecule has 0 aliphatic rings. The van der Waals surface area contributed by atoms with E-state index in [0.717, 1.165) is 5.39 Å². The number of aromatic nitrogens is 2. The number of ether oxygens (including phenoxy) is 1. The molecule has 0 unspecified atom stereocenters. The number of hydrogen-bond donors (Lipinski definition) is 1. The van der Waals surface area contributed by atoms with E-state index in [1.165, 1.54) is 6.20 Å². The topological polar surface area (TPSA) is 81.2 Å². The van der Waals surface area contributed by atoms with Crippen molar-refractivity contribution in [2.24, 2.45) is 0 Å². The summed E-state index contributed by atoms with van der Waals surface area (Å²) >= 11 is 11.5. The zero-order valence-corrected chi connectivity index (χ0v) is 14.2. The van der Waals surface area contributed by atoms with Gasteiger partial charge in [0.25, 0.3) is 5.91 Å². The van der Waals surface area contributed by atoms with E-state index >= 15 is 0 Å². The highest BCUT2D eigenvalue weighted by Crippen LogP contribution is 2.17. The van der Waals surface area contributed by atoms with Crippen LogP contribution in [-0.2, 0) is 9.53 Å². The summed E-state index contributed by atoms with van der Waals surface area (Å²) in [6.07, 6.45) is 1.40. The summed E-state index contributed by atoms with van der Waals surface area (Å²) in [5.74, 6) is -0.799. The molecule has 0 fully saturated rings. The van der Waals surface area contributed by atoms with Gasteiger partial charge in [-0.25, -0.2) is 14.8 Å². The van der Waals surface area contributed by atoms with E-state index in [2.05, 4.69) is 15.3 Å². The summed E-state index contributed by atoms with van der Waals surface area (Å²) in [6.45, 7) is -0.431. The molecule has 0 bridgehead atoms. The minimum Gasteiger partial charge on any atom is -0.452 e. The minimum atomic E-state index is -0.615. The summed E-state index contributed by atoms with van der Waals surface area (Å²) in [5, 5.41) is 4.07. The Balaban J connectivity index is 1.61. The lowest BCUT2D eigenvalue weighted by molar-refractivity contribution is -0.119. The van der Waals surface area contributed by atoms with Crippen molar-refractivity contribution in [2.45, 2.75) is 0 Å². The van der Waals surface area contributed by atoms with Gasteiger partial charge in [0.05, 0.1) is 16.1 Å². The van der Waals surface area contributed by atoms with E-state index in [1.54, 1.807) is 42.5 Å². The monoisotopic (exact) mass is 375 g/mol.